The van der Waals surface area contributed by atoms with Crippen LogP contribution in [0.25, 0.3) is 0 Å². The molecule has 0 radical (unpaired) electrons. The summed E-state index contributed by atoms with van der Waals surface area (Å²) in [4.78, 5) is 24.3. The van der Waals surface area contributed by atoms with Crippen molar-refractivity contribution in [2.24, 2.45) is 0 Å². The molecule has 7 heteroatoms. The summed E-state index contributed by atoms with van der Waals surface area (Å²) in [5, 5.41) is 2.39. The van der Waals surface area contributed by atoms with Gasteiger partial charge in [0.2, 0.25) is 5.91 Å². The Morgan fingerprint density at radius 3 is 2.55 bits per heavy atom. The number of fused-ring (bicyclic) bond motifs is 1. The number of benzene rings is 1. The molecule has 0 aliphatic carbocycles. The summed E-state index contributed by atoms with van der Waals surface area (Å²) in [6.45, 7) is 2.91. The summed E-state index contributed by atoms with van der Waals surface area (Å²) >= 11 is 0. The molecule has 1 N–H and O–H groups in total. The number of amides is 2. The molecule has 1 aromatic rings. The summed E-state index contributed by atoms with van der Waals surface area (Å²) in [6.07, 6.45) is -4.55. The van der Waals surface area contributed by atoms with Crippen LogP contribution in [-0.4, -0.2) is 18.4 Å². The molecule has 0 saturated heterocycles. The van der Waals surface area contributed by atoms with Crippen LogP contribution in [0.2, 0.25) is 0 Å². The topological polar surface area (TPSA) is 49.4 Å². The zero-order chi connectivity index (χ0) is 15.1. The quantitative estimate of drug-likeness (QED) is 0.906. The van der Waals surface area contributed by atoms with Crippen molar-refractivity contribution in [3.63, 3.8) is 0 Å². The summed E-state index contributed by atoms with van der Waals surface area (Å²) in [7, 11) is 0. The molecule has 0 unspecified atom stereocenters. The molecule has 1 aliphatic heterocycles. The first-order chi connectivity index (χ1) is 9.27. The third-order valence-electron chi connectivity index (χ3n) is 3.13. The summed E-state index contributed by atoms with van der Waals surface area (Å²) in [5.74, 6) is -1.01. The van der Waals surface area contributed by atoms with Gasteiger partial charge in [-0.05, 0) is 13.0 Å². The van der Waals surface area contributed by atoms with Crippen molar-refractivity contribution in [1.29, 1.82) is 0 Å². The zero-order valence-electron chi connectivity index (χ0n) is 10.9. The molecule has 2 rings (SSSR count). The molecule has 1 aliphatic rings. The van der Waals surface area contributed by atoms with Gasteiger partial charge in [-0.1, -0.05) is 12.1 Å². The number of anilines is 1. The molecule has 20 heavy (non-hydrogen) atoms. The zero-order valence-corrected chi connectivity index (χ0v) is 10.9. The van der Waals surface area contributed by atoms with Gasteiger partial charge in [-0.3, -0.25) is 9.59 Å². The van der Waals surface area contributed by atoms with Crippen LogP contribution >= 0.6 is 0 Å². The Morgan fingerprint density at radius 2 is 2.05 bits per heavy atom. The number of nitrogens with zero attached hydrogens (tertiary/aromatic N) is 1. The molecule has 0 saturated carbocycles. The Hall–Kier alpha value is -2.05. The lowest BCUT2D eigenvalue weighted by atomic mass is 10.0. The van der Waals surface area contributed by atoms with Gasteiger partial charge in [-0.15, -0.1) is 0 Å². The number of carbonyl (C=O) groups excluding carboxylic acids is 2. The van der Waals surface area contributed by atoms with Crippen molar-refractivity contribution in [3.8, 4) is 0 Å². The average Bonchev–Trinajstić information content (AvgIpc) is 2.60. The van der Waals surface area contributed by atoms with E-state index in [4.69, 9.17) is 0 Å². The van der Waals surface area contributed by atoms with Gasteiger partial charge in [0, 0.05) is 19.0 Å². The van der Waals surface area contributed by atoms with Crippen molar-refractivity contribution >= 4 is 17.5 Å². The predicted octanol–water partition coefficient (Wildman–Crippen LogP) is 2.25. The van der Waals surface area contributed by atoms with Crippen molar-refractivity contribution in [3.05, 3.63) is 29.3 Å². The van der Waals surface area contributed by atoms with E-state index in [-0.39, 0.29) is 17.8 Å². The van der Waals surface area contributed by atoms with E-state index >= 15 is 0 Å². The Kier molecular flexibility index (Phi) is 3.45. The van der Waals surface area contributed by atoms with E-state index in [1.807, 2.05) is 0 Å². The van der Waals surface area contributed by atoms with Gasteiger partial charge >= 0.3 is 6.18 Å². The third-order valence-corrected chi connectivity index (χ3v) is 3.13. The largest absolute Gasteiger partial charge is 0.418 e. The lowest BCUT2D eigenvalue weighted by molar-refractivity contribution is -0.137. The molecule has 1 aromatic carbocycles. The van der Waals surface area contributed by atoms with Crippen LogP contribution < -0.4 is 10.2 Å². The second kappa shape index (κ2) is 4.81. The van der Waals surface area contributed by atoms with Crippen molar-refractivity contribution in [2.75, 3.05) is 11.4 Å². The van der Waals surface area contributed by atoms with Gasteiger partial charge in [-0.2, -0.15) is 13.2 Å². The SMILES string of the molecule is CCN1C(=O)[C@H](NC(C)=O)c2cccc(C(F)(F)F)c21. The summed E-state index contributed by atoms with van der Waals surface area (Å²) in [6, 6.07) is 2.55. The van der Waals surface area contributed by atoms with E-state index in [1.54, 1.807) is 6.92 Å². The number of hydrogen-bond donors (Lipinski definition) is 1. The van der Waals surface area contributed by atoms with Gasteiger partial charge in [0.15, 0.2) is 0 Å². The highest BCUT2D eigenvalue weighted by Crippen LogP contribution is 2.44. The molecular formula is C13H13F3N2O2. The third kappa shape index (κ3) is 2.23. The maximum Gasteiger partial charge on any atom is 0.418 e. The number of nitrogens with one attached hydrogen (secondary N) is 1. The van der Waals surface area contributed by atoms with E-state index in [9.17, 15) is 22.8 Å². The van der Waals surface area contributed by atoms with Crippen LogP contribution in [0.3, 0.4) is 0 Å². The molecule has 4 nitrogen and oxygen atoms in total. The molecule has 0 fully saturated rings. The van der Waals surface area contributed by atoms with E-state index < -0.39 is 29.6 Å². The van der Waals surface area contributed by atoms with Crippen molar-refractivity contribution in [1.82, 2.24) is 5.32 Å². The van der Waals surface area contributed by atoms with Crippen molar-refractivity contribution < 1.29 is 22.8 Å². The predicted molar refractivity (Wildman–Crippen MR) is 66.0 cm³/mol. The fourth-order valence-electron chi connectivity index (χ4n) is 2.38. The smallest absolute Gasteiger partial charge is 0.341 e. The molecule has 0 bridgehead atoms. The summed E-state index contributed by atoms with van der Waals surface area (Å²) in [5.41, 5.74) is -0.842. The molecule has 1 atom stereocenters. The number of alkyl halides is 3. The normalized spacial score (nSPS) is 18.1. The minimum absolute atomic E-state index is 0.106. The van der Waals surface area contributed by atoms with Crippen LogP contribution in [-0.2, 0) is 15.8 Å². The number of hydrogen-bond acceptors (Lipinski definition) is 2. The lowest BCUT2D eigenvalue weighted by Gasteiger charge is -2.19. The van der Waals surface area contributed by atoms with Gasteiger partial charge in [0.25, 0.3) is 5.91 Å². The maximum atomic E-state index is 13.0. The molecule has 1 heterocycles. The molecule has 108 valence electrons. The first-order valence-corrected chi connectivity index (χ1v) is 6.06. The maximum absolute atomic E-state index is 13.0. The Bertz CT molecular complexity index is 569. The monoisotopic (exact) mass is 286 g/mol. The van der Waals surface area contributed by atoms with E-state index in [2.05, 4.69) is 5.32 Å². The number of para-hydroxylation sites is 1. The van der Waals surface area contributed by atoms with Crippen LogP contribution in [0.15, 0.2) is 18.2 Å². The minimum atomic E-state index is -4.55. The van der Waals surface area contributed by atoms with Gasteiger partial charge in [-0.25, -0.2) is 0 Å². The molecular weight excluding hydrogens is 273 g/mol. The van der Waals surface area contributed by atoms with Gasteiger partial charge in [0.05, 0.1) is 11.3 Å². The highest BCUT2D eigenvalue weighted by Gasteiger charge is 2.44. The highest BCUT2D eigenvalue weighted by molar-refractivity contribution is 6.06. The second-order valence-electron chi connectivity index (χ2n) is 4.46. The van der Waals surface area contributed by atoms with E-state index in [1.165, 1.54) is 19.1 Å². The number of rotatable bonds is 2. The van der Waals surface area contributed by atoms with E-state index in [0.29, 0.717) is 0 Å². The number of likely N-dealkylation sites (N-methyl/N-ethyl adjacent to an activating group) is 1. The van der Waals surface area contributed by atoms with Crippen molar-refractivity contribution in [2.45, 2.75) is 26.1 Å². The number of halogens is 3. The van der Waals surface area contributed by atoms with Crippen LogP contribution in [0.5, 0.6) is 0 Å². The van der Waals surface area contributed by atoms with Crippen LogP contribution in [0, 0.1) is 0 Å². The Morgan fingerprint density at radius 1 is 1.40 bits per heavy atom. The number of carbonyl (C=O) groups is 2. The molecule has 0 spiro atoms. The first-order valence-electron chi connectivity index (χ1n) is 6.06. The first kappa shape index (κ1) is 14.4. The highest BCUT2D eigenvalue weighted by atomic mass is 19.4. The molecule has 0 aromatic heterocycles. The van der Waals surface area contributed by atoms with Crippen LogP contribution in [0.4, 0.5) is 18.9 Å². The fraction of sp³-hybridized carbons (Fsp3) is 0.385. The fourth-order valence-corrected chi connectivity index (χ4v) is 2.38. The average molecular weight is 286 g/mol. The lowest BCUT2D eigenvalue weighted by Crippen LogP contribution is -2.36. The standard InChI is InChI=1S/C13H13F3N2O2/c1-3-18-11-8(10(12(18)20)17-7(2)19)5-4-6-9(11)13(14,15)16/h4-6,10H,3H2,1-2H3,(H,17,19)/t10-/m1/s1. The Labute approximate surface area is 113 Å². The van der Waals surface area contributed by atoms with E-state index in [0.717, 1.165) is 11.0 Å². The van der Waals surface area contributed by atoms with Gasteiger partial charge in [0.1, 0.15) is 6.04 Å². The minimum Gasteiger partial charge on any atom is -0.341 e. The van der Waals surface area contributed by atoms with Gasteiger partial charge < -0.3 is 10.2 Å². The molecule has 2 amide bonds. The summed E-state index contributed by atoms with van der Waals surface area (Å²) < 4.78 is 39.1. The van der Waals surface area contributed by atoms with Crippen LogP contribution in [0.1, 0.15) is 31.0 Å². The Balaban J connectivity index is 2.61. The second-order valence-corrected chi connectivity index (χ2v) is 4.46.